The maximum atomic E-state index is 8.61. The van der Waals surface area contributed by atoms with Crippen LogP contribution in [-0.4, -0.2) is 13.1 Å². The Morgan fingerprint density at radius 1 is 0.889 bits per heavy atom. The van der Waals surface area contributed by atoms with Gasteiger partial charge in [-0.2, -0.15) is 5.26 Å². The van der Waals surface area contributed by atoms with Crippen LogP contribution in [0.15, 0.2) is 60.7 Å². The summed E-state index contributed by atoms with van der Waals surface area (Å²) in [7, 11) is 0. The molecule has 0 spiro atoms. The molecule has 0 amide bonds. The first-order valence-corrected chi connectivity index (χ1v) is 6.09. The molecule has 0 saturated carbocycles. The molecule has 0 aliphatic carbocycles. The molecule has 0 fully saturated rings. The predicted octanol–water partition coefficient (Wildman–Crippen LogP) is 2.93. The van der Waals surface area contributed by atoms with Gasteiger partial charge < -0.3 is 5.32 Å². The van der Waals surface area contributed by atoms with E-state index in [1.165, 1.54) is 11.1 Å². The molecule has 0 aromatic heterocycles. The SMILES string of the molecule is N#CCNCC(c1ccccc1)c1ccccc1. The van der Waals surface area contributed by atoms with Crippen molar-refractivity contribution in [2.24, 2.45) is 0 Å². The summed E-state index contributed by atoms with van der Waals surface area (Å²) in [5.41, 5.74) is 2.54. The summed E-state index contributed by atoms with van der Waals surface area (Å²) in [6, 6.07) is 22.9. The molecule has 2 heteroatoms. The summed E-state index contributed by atoms with van der Waals surface area (Å²) in [5.74, 6) is 0.292. The topological polar surface area (TPSA) is 35.8 Å². The van der Waals surface area contributed by atoms with E-state index < -0.39 is 0 Å². The van der Waals surface area contributed by atoms with Crippen molar-refractivity contribution in [2.75, 3.05) is 13.1 Å². The van der Waals surface area contributed by atoms with Crippen molar-refractivity contribution in [1.82, 2.24) is 5.32 Å². The first kappa shape index (κ1) is 12.3. The van der Waals surface area contributed by atoms with E-state index >= 15 is 0 Å². The second-order valence-corrected chi connectivity index (χ2v) is 4.16. The van der Waals surface area contributed by atoms with Gasteiger partial charge in [-0.05, 0) is 11.1 Å². The highest BCUT2D eigenvalue weighted by molar-refractivity contribution is 5.32. The van der Waals surface area contributed by atoms with Crippen LogP contribution in [0.2, 0.25) is 0 Å². The summed E-state index contributed by atoms with van der Waals surface area (Å²) in [5, 5.41) is 11.8. The molecule has 0 unspecified atom stereocenters. The van der Waals surface area contributed by atoms with E-state index in [1.807, 2.05) is 12.1 Å². The zero-order valence-electron chi connectivity index (χ0n) is 10.2. The van der Waals surface area contributed by atoms with Crippen LogP contribution < -0.4 is 5.32 Å². The lowest BCUT2D eigenvalue weighted by molar-refractivity contribution is 0.680. The molecular weight excluding hydrogens is 220 g/mol. The number of nitrogens with zero attached hydrogens (tertiary/aromatic N) is 1. The quantitative estimate of drug-likeness (QED) is 0.640. The molecule has 0 heterocycles. The Morgan fingerprint density at radius 2 is 1.39 bits per heavy atom. The van der Waals surface area contributed by atoms with Crippen LogP contribution >= 0.6 is 0 Å². The summed E-state index contributed by atoms with van der Waals surface area (Å²) < 4.78 is 0. The zero-order valence-corrected chi connectivity index (χ0v) is 10.2. The molecule has 0 atom stereocenters. The van der Waals surface area contributed by atoms with Gasteiger partial charge in [0.15, 0.2) is 0 Å². The molecule has 2 aromatic rings. The maximum absolute atomic E-state index is 8.61. The molecule has 1 N–H and O–H groups in total. The minimum Gasteiger partial charge on any atom is -0.304 e. The molecule has 2 aromatic carbocycles. The molecule has 2 nitrogen and oxygen atoms in total. The van der Waals surface area contributed by atoms with Crippen LogP contribution in [0.5, 0.6) is 0 Å². The molecular formula is C16H16N2. The molecule has 0 saturated heterocycles. The molecule has 18 heavy (non-hydrogen) atoms. The van der Waals surface area contributed by atoms with Crippen LogP contribution in [0.4, 0.5) is 0 Å². The highest BCUT2D eigenvalue weighted by Gasteiger charge is 2.12. The smallest absolute Gasteiger partial charge is 0.0841 e. The lowest BCUT2D eigenvalue weighted by Crippen LogP contribution is -2.22. The zero-order chi connectivity index (χ0) is 12.6. The van der Waals surface area contributed by atoms with Crippen LogP contribution in [0.3, 0.4) is 0 Å². The summed E-state index contributed by atoms with van der Waals surface area (Å²) in [6.07, 6.45) is 0. The van der Waals surface area contributed by atoms with E-state index in [9.17, 15) is 0 Å². The second kappa shape index (κ2) is 6.58. The van der Waals surface area contributed by atoms with E-state index in [-0.39, 0.29) is 0 Å². The minimum atomic E-state index is 0.292. The Bertz CT molecular complexity index is 460. The largest absolute Gasteiger partial charge is 0.304 e. The van der Waals surface area contributed by atoms with E-state index in [0.29, 0.717) is 12.5 Å². The van der Waals surface area contributed by atoms with E-state index in [0.717, 1.165) is 6.54 Å². The van der Waals surface area contributed by atoms with Crippen molar-refractivity contribution in [2.45, 2.75) is 5.92 Å². The van der Waals surface area contributed by atoms with Gasteiger partial charge in [0.1, 0.15) is 0 Å². The molecule has 0 aliphatic heterocycles. The highest BCUT2D eigenvalue weighted by atomic mass is 14.9. The Balaban J connectivity index is 2.21. The van der Waals surface area contributed by atoms with E-state index in [2.05, 4.69) is 59.9 Å². The Morgan fingerprint density at radius 3 is 1.83 bits per heavy atom. The fourth-order valence-corrected chi connectivity index (χ4v) is 2.07. The van der Waals surface area contributed by atoms with Gasteiger partial charge in [-0.15, -0.1) is 0 Å². The van der Waals surface area contributed by atoms with Crippen molar-refractivity contribution < 1.29 is 0 Å². The second-order valence-electron chi connectivity index (χ2n) is 4.16. The predicted molar refractivity (Wildman–Crippen MR) is 73.2 cm³/mol. The fourth-order valence-electron chi connectivity index (χ4n) is 2.07. The number of nitrogens with one attached hydrogen (secondary N) is 1. The molecule has 0 bridgehead atoms. The van der Waals surface area contributed by atoms with Crippen LogP contribution in [0, 0.1) is 11.3 Å². The van der Waals surface area contributed by atoms with Crippen molar-refractivity contribution >= 4 is 0 Å². The monoisotopic (exact) mass is 236 g/mol. The summed E-state index contributed by atoms with van der Waals surface area (Å²) in [4.78, 5) is 0. The van der Waals surface area contributed by atoms with Gasteiger partial charge in [-0.3, -0.25) is 0 Å². The van der Waals surface area contributed by atoms with Gasteiger partial charge in [0.2, 0.25) is 0 Å². The summed E-state index contributed by atoms with van der Waals surface area (Å²) >= 11 is 0. The third-order valence-corrected chi connectivity index (χ3v) is 2.96. The third kappa shape index (κ3) is 3.19. The number of nitriles is 1. The van der Waals surface area contributed by atoms with Crippen LogP contribution in [0.25, 0.3) is 0 Å². The van der Waals surface area contributed by atoms with Gasteiger partial charge >= 0.3 is 0 Å². The Kier molecular flexibility index (Phi) is 4.52. The van der Waals surface area contributed by atoms with Gasteiger partial charge in [0, 0.05) is 12.5 Å². The number of benzene rings is 2. The molecule has 0 aliphatic rings. The van der Waals surface area contributed by atoms with E-state index in [1.54, 1.807) is 0 Å². The lowest BCUT2D eigenvalue weighted by Gasteiger charge is -2.18. The lowest BCUT2D eigenvalue weighted by atomic mass is 9.91. The maximum Gasteiger partial charge on any atom is 0.0841 e. The van der Waals surface area contributed by atoms with Gasteiger partial charge in [-0.1, -0.05) is 60.7 Å². The number of hydrogen-bond acceptors (Lipinski definition) is 2. The van der Waals surface area contributed by atoms with Crippen LogP contribution in [0.1, 0.15) is 17.0 Å². The average molecular weight is 236 g/mol. The first-order chi connectivity index (χ1) is 8.92. The Labute approximate surface area is 108 Å². The summed E-state index contributed by atoms with van der Waals surface area (Å²) in [6.45, 7) is 1.16. The Hall–Kier alpha value is -2.11. The highest BCUT2D eigenvalue weighted by Crippen LogP contribution is 2.23. The first-order valence-electron chi connectivity index (χ1n) is 6.09. The van der Waals surface area contributed by atoms with Crippen LogP contribution in [-0.2, 0) is 0 Å². The van der Waals surface area contributed by atoms with Gasteiger partial charge in [0.25, 0.3) is 0 Å². The third-order valence-electron chi connectivity index (χ3n) is 2.96. The molecule has 90 valence electrons. The standard InChI is InChI=1S/C16H16N2/c17-11-12-18-13-16(14-7-3-1-4-8-14)15-9-5-2-6-10-15/h1-10,16,18H,12-13H2. The molecule has 2 rings (SSSR count). The van der Waals surface area contributed by atoms with Crippen molar-refractivity contribution in [3.05, 3.63) is 71.8 Å². The molecule has 0 radical (unpaired) electrons. The number of rotatable bonds is 5. The van der Waals surface area contributed by atoms with Crippen molar-refractivity contribution in [1.29, 1.82) is 5.26 Å². The fraction of sp³-hybridized carbons (Fsp3) is 0.188. The van der Waals surface area contributed by atoms with Crippen molar-refractivity contribution in [3.8, 4) is 6.07 Å². The van der Waals surface area contributed by atoms with Gasteiger partial charge in [-0.25, -0.2) is 0 Å². The number of hydrogen-bond donors (Lipinski definition) is 1. The average Bonchev–Trinajstić information content (AvgIpc) is 2.46. The van der Waals surface area contributed by atoms with Gasteiger partial charge in [0.05, 0.1) is 12.6 Å². The van der Waals surface area contributed by atoms with Crippen molar-refractivity contribution in [3.63, 3.8) is 0 Å². The minimum absolute atomic E-state index is 0.292. The normalized spacial score (nSPS) is 10.2. The van der Waals surface area contributed by atoms with E-state index in [4.69, 9.17) is 5.26 Å².